The molecule has 1 aromatic heterocycles. The number of carbonyl (C=O) groups is 1. The number of ether oxygens (including phenoxy) is 3. The Morgan fingerprint density at radius 1 is 1.21 bits per heavy atom. The summed E-state index contributed by atoms with van der Waals surface area (Å²) in [7, 11) is 1.59. The zero-order chi connectivity index (χ0) is 20.1. The number of anilines is 1. The summed E-state index contributed by atoms with van der Waals surface area (Å²) in [6.45, 7) is 2.53. The van der Waals surface area contributed by atoms with Crippen molar-refractivity contribution in [2.75, 3.05) is 25.2 Å². The zero-order valence-corrected chi connectivity index (χ0v) is 15.7. The van der Waals surface area contributed by atoms with Gasteiger partial charge in [0.2, 0.25) is 0 Å². The predicted octanol–water partition coefficient (Wildman–Crippen LogP) is 2.97. The molecule has 1 aromatic carbocycles. The minimum atomic E-state index is -0.627. The standard InChI is InChI=1S/C19H21N3O6/c1-3-15-19(23)21(18-16(28-15)9-10-17(20-18)22(24)25)11-4-12-27-14-7-5-13(26-2)6-8-14/h5-10,15H,3-4,11-12H2,1-2H3. The quantitative estimate of drug-likeness (QED) is 0.390. The molecule has 0 fully saturated rings. The molecule has 3 rings (SSSR count). The maximum Gasteiger partial charge on any atom is 0.366 e. The van der Waals surface area contributed by atoms with Gasteiger partial charge in [0.15, 0.2) is 11.9 Å². The van der Waals surface area contributed by atoms with Crippen molar-refractivity contribution < 1.29 is 23.9 Å². The number of aromatic nitrogens is 1. The van der Waals surface area contributed by atoms with Gasteiger partial charge in [-0.2, -0.15) is 0 Å². The van der Waals surface area contributed by atoms with Gasteiger partial charge in [-0.15, -0.1) is 0 Å². The molecule has 1 aliphatic heterocycles. The number of pyridine rings is 1. The summed E-state index contributed by atoms with van der Waals surface area (Å²) >= 11 is 0. The Morgan fingerprint density at radius 3 is 2.57 bits per heavy atom. The summed E-state index contributed by atoms with van der Waals surface area (Å²) in [4.78, 5) is 28.5. The van der Waals surface area contributed by atoms with Gasteiger partial charge < -0.3 is 24.3 Å². The molecule has 0 spiro atoms. The van der Waals surface area contributed by atoms with Crippen molar-refractivity contribution in [1.82, 2.24) is 4.98 Å². The Balaban J connectivity index is 1.68. The van der Waals surface area contributed by atoms with Crippen molar-refractivity contribution in [3.63, 3.8) is 0 Å². The van der Waals surface area contributed by atoms with E-state index in [1.165, 1.54) is 17.0 Å². The van der Waals surface area contributed by atoms with Crippen molar-refractivity contribution in [2.45, 2.75) is 25.9 Å². The third-order valence-corrected chi connectivity index (χ3v) is 4.30. The van der Waals surface area contributed by atoms with E-state index in [-0.39, 0.29) is 17.5 Å². The number of nitro groups is 1. The van der Waals surface area contributed by atoms with E-state index in [0.717, 1.165) is 5.75 Å². The highest BCUT2D eigenvalue weighted by molar-refractivity contribution is 5.99. The second kappa shape index (κ2) is 8.55. The third kappa shape index (κ3) is 4.13. The maximum absolute atomic E-state index is 12.7. The van der Waals surface area contributed by atoms with Crippen molar-refractivity contribution in [3.8, 4) is 17.2 Å². The van der Waals surface area contributed by atoms with E-state index in [1.54, 1.807) is 31.4 Å². The average molecular weight is 387 g/mol. The summed E-state index contributed by atoms with van der Waals surface area (Å²) in [6.07, 6.45) is 0.393. The largest absolute Gasteiger partial charge is 0.497 e. The molecule has 0 aliphatic carbocycles. The topological polar surface area (TPSA) is 104 Å². The predicted molar refractivity (Wildman–Crippen MR) is 101 cm³/mol. The van der Waals surface area contributed by atoms with E-state index in [1.807, 2.05) is 6.92 Å². The Kier molecular flexibility index (Phi) is 5.93. The summed E-state index contributed by atoms with van der Waals surface area (Å²) in [5.74, 6) is 1.38. The van der Waals surface area contributed by atoms with Crippen molar-refractivity contribution in [2.24, 2.45) is 0 Å². The van der Waals surface area contributed by atoms with E-state index < -0.39 is 11.0 Å². The van der Waals surface area contributed by atoms with E-state index >= 15 is 0 Å². The zero-order valence-electron chi connectivity index (χ0n) is 15.7. The lowest BCUT2D eigenvalue weighted by atomic mass is 10.2. The highest BCUT2D eigenvalue weighted by atomic mass is 16.6. The Bertz CT molecular complexity index is 855. The van der Waals surface area contributed by atoms with Crippen LogP contribution in [0, 0.1) is 10.1 Å². The van der Waals surface area contributed by atoms with Crippen LogP contribution >= 0.6 is 0 Å². The molecule has 2 heterocycles. The molecule has 9 heteroatoms. The van der Waals surface area contributed by atoms with Crippen molar-refractivity contribution in [1.29, 1.82) is 0 Å². The molecule has 9 nitrogen and oxygen atoms in total. The molecule has 148 valence electrons. The summed E-state index contributed by atoms with van der Waals surface area (Å²) < 4.78 is 16.4. The number of carbonyl (C=O) groups excluding carboxylic acids is 1. The molecular formula is C19H21N3O6. The SMILES string of the molecule is CCC1Oc2ccc([N+](=O)[O-])nc2N(CCCOc2ccc(OC)cc2)C1=O. The molecule has 0 radical (unpaired) electrons. The van der Waals surface area contributed by atoms with Gasteiger partial charge in [0.25, 0.3) is 11.7 Å². The average Bonchev–Trinajstić information content (AvgIpc) is 2.72. The van der Waals surface area contributed by atoms with Crippen LogP contribution in [-0.4, -0.2) is 42.2 Å². The maximum atomic E-state index is 12.7. The van der Waals surface area contributed by atoms with Gasteiger partial charge in [-0.25, -0.2) is 0 Å². The first-order chi connectivity index (χ1) is 13.5. The van der Waals surface area contributed by atoms with Crippen LogP contribution in [0.25, 0.3) is 0 Å². The lowest BCUT2D eigenvalue weighted by Gasteiger charge is -2.30. The number of methoxy groups -OCH3 is 1. The van der Waals surface area contributed by atoms with Crippen LogP contribution in [0.1, 0.15) is 19.8 Å². The van der Waals surface area contributed by atoms with Crippen LogP contribution in [0.2, 0.25) is 0 Å². The third-order valence-electron chi connectivity index (χ3n) is 4.30. The van der Waals surface area contributed by atoms with Gasteiger partial charge in [-0.3, -0.25) is 9.69 Å². The second-order valence-corrected chi connectivity index (χ2v) is 6.13. The summed E-state index contributed by atoms with van der Waals surface area (Å²) in [5.41, 5.74) is 0. The molecule has 1 unspecified atom stereocenters. The van der Waals surface area contributed by atoms with Gasteiger partial charge in [0.05, 0.1) is 13.7 Å². The van der Waals surface area contributed by atoms with E-state index in [0.29, 0.717) is 37.5 Å². The second-order valence-electron chi connectivity index (χ2n) is 6.13. The lowest BCUT2D eigenvalue weighted by Crippen LogP contribution is -2.46. The Morgan fingerprint density at radius 2 is 1.93 bits per heavy atom. The van der Waals surface area contributed by atoms with Crippen LogP contribution in [0.5, 0.6) is 17.2 Å². The van der Waals surface area contributed by atoms with Gasteiger partial charge in [0.1, 0.15) is 11.5 Å². The number of fused-ring (bicyclic) bond motifs is 1. The molecule has 1 aliphatic rings. The van der Waals surface area contributed by atoms with Gasteiger partial charge in [-0.1, -0.05) is 6.92 Å². The van der Waals surface area contributed by atoms with E-state index in [2.05, 4.69) is 4.98 Å². The minimum Gasteiger partial charge on any atom is -0.497 e. The number of hydrogen-bond donors (Lipinski definition) is 0. The Hall–Kier alpha value is -3.36. The molecule has 0 bridgehead atoms. The van der Waals surface area contributed by atoms with Crippen LogP contribution in [-0.2, 0) is 4.79 Å². The lowest BCUT2D eigenvalue weighted by molar-refractivity contribution is -0.389. The molecule has 1 atom stereocenters. The number of amides is 1. The van der Waals surface area contributed by atoms with Crippen LogP contribution < -0.4 is 19.1 Å². The molecular weight excluding hydrogens is 366 g/mol. The normalized spacial score (nSPS) is 15.6. The fraction of sp³-hybridized carbons (Fsp3) is 0.368. The van der Waals surface area contributed by atoms with Crippen molar-refractivity contribution >= 4 is 17.5 Å². The summed E-state index contributed by atoms with van der Waals surface area (Å²) in [5, 5.41) is 11.0. The molecule has 1 amide bonds. The van der Waals surface area contributed by atoms with Crippen LogP contribution in [0.3, 0.4) is 0 Å². The first-order valence-corrected chi connectivity index (χ1v) is 8.93. The number of benzene rings is 1. The number of hydrogen-bond acceptors (Lipinski definition) is 7. The molecule has 0 saturated heterocycles. The first kappa shape index (κ1) is 19.4. The van der Waals surface area contributed by atoms with Crippen LogP contribution in [0.15, 0.2) is 36.4 Å². The fourth-order valence-electron chi connectivity index (χ4n) is 2.85. The molecule has 28 heavy (non-hydrogen) atoms. The highest BCUT2D eigenvalue weighted by Gasteiger charge is 2.37. The van der Waals surface area contributed by atoms with Crippen molar-refractivity contribution in [3.05, 3.63) is 46.5 Å². The number of nitrogens with zero attached hydrogens (tertiary/aromatic N) is 3. The number of rotatable bonds is 8. The summed E-state index contributed by atoms with van der Waals surface area (Å²) in [6, 6.07) is 9.94. The molecule has 0 N–H and O–H groups in total. The van der Waals surface area contributed by atoms with E-state index in [9.17, 15) is 14.9 Å². The fourth-order valence-corrected chi connectivity index (χ4v) is 2.85. The smallest absolute Gasteiger partial charge is 0.366 e. The monoisotopic (exact) mass is 387 g/mol. The first-order valence-electron chi connectivity index (χ1n) is 8.93. The van der Waals surface area contributed by atoms with Gasteiger partial charge >= 0.3 is 5.82 Å². The highest BCUT2D eigenvalue weighted by Crippen LogP contribution is 2.34. The molecule has 0 saturated carbocycles. The Labute approximate surface area is 162 Å². The molecule has 2 aromatic rings. The van der Waals surface area contributed by atoms with E-state index in [4.69, 9.17) is 14.2 Å². The minimum absolute atomic E-state index is 0.174. The van der Waals surface area contributed by atoms with Gasteiger partial charge in [-0.05, 0) is 53.1 Å². The van der Waals surface area contributed by atoms with Gasteiger partial charge in [0, 0.05) is 12.6 Å². The van der Waals surface area contributed by atoms with Crippen LogP contribution in [0.4, 0.5) is 11.6 Å².